The van der Waals surface area contributed by atoms with Gasteiger partial charge in [0.2, 0.25) is 0 Å². The molecule has 1 unspecified atom stereocenters. The van der Waals surface area contributed by atoms with Gasteiger partial charge in [-0.05, 0) is 44.2 Å². The van der Waals surface area contributed by atoms with Gasteiger partial charge < -0.3 is 14.4 Å². The quantitative estimate of drug-likeness (QED) is 0.611. The molecule has 1 aromatic carbocycles. The summed E-state index contributed by atoms with van der Waals surface area (Å²) in [5.74, 6) is -1.11. The van der Waals surface area contributed by atoms with Gasteiger partial charge in [-0.25, -0.2) is 13.9 Å². The molecule has 1 aliphatic rings. The highest BCUT2D eigenvalue weighted by Gasteiger charge is 2.23. The Kier molecular flexibility index (Phi) is 5.33. The lowest BCUT2D eigenvalue weighted by Gasteiger charge is -2.30. The van der Waals surface area contributed by atoms with Crippen LogP contribution in [0.25, 0.3) is 15.9 Å². The van der Waals surface area contributed by atoms with Gasteiger partial charge in [0.15, 0.2) is 6.61 Å². The van der Waals surface area contributed by atoms with E-state index in [1.54, 1.807) is 27.8 Å². The van der Waals surface area contributed by atoms with Crippen LogP contribution in [0.15, 0.2) is 30.3 Å². The van der Waals surface area contributed by atoms with Crippen LogP contribution in [0.5, 0.6) is 0 Å². The van der Waals surface area contributed by atoms with Crippen molar-refractivity contribution in [2.75, 3.05) is 26.3 Å². The highest BCUT2D eigenvalue weighted by atomic mass is 32.1. The number of thiophene rings is 1. The zero-order valence-electron chi connectivity index (χ0n) is 16.1. The number of hydrogen-bond donors (Lipinski definition) is 0. The predicted octanol–water partition coefficient (Wildman–Crippen LogP) is 2.94. The number of rotatable bonds is 4. The Balaban J connectivity index is 1.49. The van der Waals surface area contributed by atoms with Crippen molar-refractivity contribution in [2.45, 2.75) is 20.0 Å². The molecule has 152 valence electrons. The van der Waals surface area contributed by atoms with Crippen molar-refractivity contribution in [1.29, 1.82) is 0 Å². The van der Waals surface area contributed by atoms with Crippen LogP contribution in [0.3, 0.4) is 0 Å². The molecule has 9 heteroatoms. The minimum atomic E-state index is -0.550. The number of aryl methyl sites for hydroxylation is 1. The fourth-order valence-electron chi connectivity index (χ4n) is 3.24. The van der Waals surface area contributed by atoms with Crippen LogP contribution in [0, 0.1) is 12.7 Å². The van der Waals surface area contributed by atoms with E-state index in [9.17, 15) is 14.0 Å². The van der Waals surface area contributed by atoms with Gasteiger partial charge in [-0.15, -0.1) is 11.3 Å². The number of ether oxygens (including phenoxy) is 2. The SMILES string of the molecule is Cc1nn(-c2ccc(F)cc2)c2sc(C(=O)OCC(=O)N3CCOC(C)C3)cc12. The van der Waals surface area contributed by atoms with Crippen molar-refractivity contribution in [3.63, 3.8) is 0 Å². The molecule has 1 atom stereocenters. The van der Waals surface area contributed by atoms with Gasteiger partial charge in [-0.1, -0.05) is 0 Å². The first kappa shape index (κ1) is 19.5. The molecule has 0 spiro atoms. The van der Waals surface area contributed by atoms with E-state index in [0.29, 0.717) is 30.3 Å². The standard InChI is InChI=1S/C20H20FN3O4S/c1-12-10-23(7-8-27-12)18(25)11-28-20(26)17-9-16-13(2)22-24(19(16)29-17)15-5-3-14(21)4-6-15/h3-6,9,12H,7-8,10-11H2,1-2H3. The smallest absolute Gasteiger partial charge is 0.348 e. The molecule has 1 saturated heterocycles. The Labute approximate surface area is 170 Å². The largest absolute Gasteiger partial charge is 0.451 e. The molecule has 0 radical (unpaired) electrons. The molecule has 0 bridgehead atoms. The number of amides is 1. The van der Waals surface area contributed by atoms with Crippen LogP contribution >= 0.6 is 11.3 Å². The summed E-state index contributed by atoms with van der Waals surface area (Å²) < 4.78 is 25.5. The van der Waals surface area contributed by atoms with Gasteiger partial charge in [0.1, 0.15) is 15.5 Å². The summed E-state index contributed by atoms with van der Waals surface area (Å²) in [4.78, 5) is 27.5. The predicted molar refractivity (Wildman–Crippen MR) is 106 cm³/mol. The van der Waals surface area contributed by atoms with Crippen LogP contribution in [0.2, 0.25) is 0 Å². The van der Waals surface area contributed by atoms with Crippen molar-refractivity contribution >= 4 is 33.4 Å². The Morgan fingerprint density at radius 3 is 2.83 bits per heavy atom. The molecule has 0 N–H and O–H groups in total. The molecule has 4 rings (SSSR count). The number of halogens is 1. The van der Waals surface area contributed by atoms with Crippen LogP contribution in [0.4, 0.5) is 4.39 Å². The maximum absolute atomic E-state index is 13.2. The number of carbonyl (C=O) groups is 2. The van der Waals surface area contributed by atoms with E-state index in [2.05, 4.69) is 5.10 Å². The second kappa shape index (κ2) is 7.92. The van der Waals surface area contributed by atoms with Crippen molar-refractivity contribution in [1.82, 2.24) is 14.7 Å². The molecule has 1 amide bonds. The first-order valence-corrected chi connectivity index (χ1v) is 10.1. The van der Waals surface area contributed by atoms with Crippen molar-refractivity contribution in [3.05, 3.63) is 46.7 Å². The monoisotopic (exact) mass is 417 g/mol. The summed E-state index contributed by atoms with van der Waals surface area (Å²) in [6.07, 6.45) is -0.0246. The summed E-state index contributed by atoms with van der Waals surface area (Å²) in [6.45, 7) is 4.91. The summed E-state index contributed by atoms with van der Waals surface area (Å²) in [6, 6.07) is 7.69. The Bertz CT molecular complexity index is 1060. The van der Waals surface area contributed by atoms with Crippen molar-refractivity contribution in [2.24, 2.45) is 0 Å². The van der Waals surface area contributed by atoms with E-state index in [4.69, 9.17) is 9.47 Å². The van der Waals surface area contributed by atoms with Gasteiger partial charge >= 0.3 is 5.97 Å². The normalized spacial score (nSPS) is 16.9. The number of esters is 1. The Morgan fingerprint density at radius 1 is 1.34 bits per heavy atom. The molecule has 2 aromatic heterocycles. The van der Waals surface area contributed by atoms with Gasteiger partial charge in [0, 0.05) is 18.5 Å². The molecule has 3 heterocycles. The molecule has 7 nitrogen and oxygen atoms in total. The van der Waals surface area contributed by atoms with E-state index in [1.807, 2.05) is 13.8 Å². The summed E-state index contributed by atoms with van der Waals surface area (Å²) in [7, 11) is 0. The van der Waals surface area contributed by atoms with Crippen LogP contribution in [-0.2, 0) is 14.3 Å². The Morgan fingerprint density at radius 2 is 2.10 bits per heavy atom. The molecule has 1 fully saturated rings. The molecular formula is C20H20FN3O4S. The van der Waals surface area contributed by atoms with Crippen LogP contribution in [-0.4, -0.2) is 59.0 Å². The van der Waals surface area contributed by atoms with Crippen LogP contribution in [0.1, 0.15) is 22.3 Å². The van der Waals surface area contributed by atoms with E-state index in [-0.39, 0.29) is 24.4 Å². The molecule has 3 aromatic rings. The second-order valence-electron chi connectivity index (χ2n) is 6.90. The third kappa shape index (κ3) is 4.01. The van der Waals surface area contributed by atoms with E-state index < -0.39 is 5.97 Å². The topological polar surface area (TPSA) is 73.7 Å². The fraction of sp³-hybridized carbons (Fsp3) is 0.350. The molecule has 0 saturated carbocycles. The molecule has 1 aliphatic heterocycles. The van der Waals surface area contributed by atoms with E-state index >= 15 is 0 Å². The maximum Gasteiger partial charge on any atom is 0.348 e. The zero-order valence-corrected chi connectivity index (χ0v) is 16.9. The molecular weight excluding hydrogens is 397 g/mol. The minimum Gasteiger partial charge on any atom is -0.451 e. The lowest BCUT2D eigenvalue weighted by Crippen LogP contribution is -2.46. The third-order valence-corrected chi connectivity index (χ3v) is 5.83. The first-order valence-electron chi connectivity index (χ1n) is 9.24. The van der Waals surface area contributed by atoms with Gasteiger partial charge in [0.25, 0.3) is 5.91 Å². The first-order chi connectivity index (χ1) is 13.9. The van der Waals surface area contributed by atoms with Gasteiger partial charge in [0.05, 0.1) is 24.1 Å². The molecule has 0 aliphatic carbocycles. The van der Waals surface area contributed by atoms with Gasteiger partial charge in [-0.3, -0.25) is 4.79 Å². The van der Waals surface area contributed by atoms with E-state index in [1.165, 1.54) is 23.5 Å². The zero-order chi connectivity index (χ0) is 20.5. The fourth-order valence-corrected chi connectivity index (χ4v) is 4.32. The van der Waals surface area contributed by atoms with Crippen LogP contribution < -0.4 is 0 Å². The lowest BCUT2D eigenvalue weighted by molar-refractivity contribution is -0.141. The summed E-state index contributed by atoms with van der Waals surface area (Å²) in [5, 5.41) is 5.29. The second-order valence-corrected chi connectivity index (χ2v) is 7.93. The number of nitrogens with zero attached hydrogens (tertiary/aromatic N) is 3. The number of hydrogen-bond acceptors (Lipinski definition) is 6. The number of aromatic nitrogens is 2. The summed E-state index contributed by atoms with van der Waals surface area (Å²) in [5.41, 5.74) is 1.45. The average Bonchev–Trinajstić information content (AvgIpc) is 3.27. The van der Waals surface area contributed by atoms with Gasteiger partial charge in [-0.2, -0.15) is 5.10 Å². The van der Waals surface area contributed by atoms with Crippen molar-refractivity contribution < 1.29 is 23.5 Å². The average molecular weight is 417 g/mol. The third-order valence-electron chi connectivity index (χ3n) is 4.74. The number of fused-ring (bicyclic) bond motifs is 1. The highest BCUT2D eigenvalue weighted by Crippen LogP contribution is 2.30. The maximum atomic E-state index is 13.2. The van der Waals surface area contributed by atoms with E-state index in [0.717, 1.165) is 15.9 Å². The Hall–Kier alpha value is -2.78. The minimum absolute atomic E-state index is 0.0246. The number of benzene rings is 1. The number of carbonyl (C=O) groups excluding carboxylic acids is 2. The highest BCUT2D eigenvalue weighted by molar-refractivity contribution is 7.20. The molecule has 29 heavy (non-hydrogen) atoms. The van der Waals surface area contributed by atoms with Crippen molar-refractivity contribution in [3.8, 4) is 5.69 Å². The number of morpholine rings is 1. The lowest BCUT2D eigenvalue weighted by atomic mass is 10.3. The summed E-state index contributed by atoms with van der Waals surface area (Å²) >= 11 is 1.23.